The number of carbonyl (C=O) groups is 1. The lowest BCUT2D eigenvalue weighted by atomic mass is 10.0. The summed E-state index contributed by atoms with van der Waals surface area (Å²) in [7, 11) is 0. The van der Waals surface area contributed by atoms with Crippen LogP contribution in [0.4, 0.5) is 0 Å². The summed E-state index contributed by atoms with van der Waals surface area (Å²) in [5, 5.41) is 0. The Hall–Kier alpha value is -0.610. The highest BCUT2D eigenvalue weighted by atomic mass is 16.5. The second-order valence-electron chi connectivity index (χ2n) is 5.31. The number of likely N-dealkylation sites (tertiary alicyclic amines) is 2. The van der Waals surface area contributed by atoms with Gasteiger partial charge in [-0.2, -0.15) is 0 Å². The Bertz CT molecular complexity index is 275. The van der Waals surface area contributed by atoms with Crippen LogP contribution >= 0.6 is 0 Å². The lowest BCUT2D eigenvalue weighted by molar-refractivity contribution is -0.149. The van der Waals surface area contributed by atoms with Gasteiger partial charge in [-0.05, 0) is 58.8 Å². The Morgan fingerprint density at radius 2 is 1.89 bits per heavy atom. The van der Waals surface area contributed by atoms with Crippen molar-refractivity contribution in [1.29, 1.82) is 0 Å². The summed E-state index contributed by atoms with van der Waals surface area (Å²) in [6.45, 7) is 9.17. The van der Waals surface area contributed by atoms with Crippen LogP contribution in [0.2, 0.25) is 0 Å². The van der Waals surface area contributed by atoms with E-state index in [1.54, 1.807) is 0 Å². The van der Waals surface area contributed by atoms with Gasteiger partial charge in [0.1, 0.15) is 6.04 Å². The van der Waals surface area contributed by atoms with Gasteiger partial charge in [0, 0.05) is 6.04 Å². The number of hydrogen-bond donors (Lipinski definition) is 0. The van der Waals surface area contributed by atoms with Crippen LogP contribution in [0.1, 0.15) is 39.5 Å². The maximum atomic E-state index is 11.9. The van der Waals surface area contributed by atoms with Crippen molar-refractivity contribution in [1.82, 2.24) is 9.80 Å². The van der Waals surface area contributed by atoms with Crippen LogP contribution in [0, 0.1) is 0 Å². The van der Waals surface area contributed by atoms with Crippen molar-refractivity contribution < 1.29 is 9.53 Å². The molecular formula is C14H26N2O2. The van der Waals surface area contributed by atoms with E-state index in [4.69, 9.17) is 4.74 Å². The van der Waals surface area contributed by atoms with Gasteiger partial charge in [-0.1, -0.05) is 6.92 Å². The van der Waals surface area contributed by atoms with E-state index in [0.717, 1.165) is 25.9 Å². The van der Waals surface area contributed by atoms with Crippen LogP contribution in [-0.2, 0) is 9.53 Å². The van der Waals surface area contributed by atoms with Crippen molar-refractivity contribution in [2.45, 2.75) is 51.6 Å². The third kappa shape index (κ3) is 3.04. The van der Waals surface area contributed by atoms with E-state index in [1.807, 2.05) is 6.92 Å². The van der Waals surface area contributed by atoms with Crippen LogP contribution in [0.5, 0.6) is 0 Å². The molecule has 0 aromatic heterocycles. The van der Waals surface area contributed by atoms with Crippen LogP contribution in [-0.4, -0.2) is 60.6 Å². The minimum absolute atomic E-state index is 0.00655. The van der Waals surface area contributed by atoms with Crippen LogP contribution in [0.15, 0.2) is 0 Å². The summed E-state index contributed by atoms with van der Waals surface area (Å²) in [5.74, 6) is -0.00655. The molecule has 2 saturated heterocycles. The first-order valence-corrected chi connectivity index (χ1v) is 7.41. The molecule has 2 heterocycles. The third-order valence-corrected chi connectivity index (χ3v) is 4.33. The van der Waals surface area contributed by atoms with Crippen molar-refractivity contribution in [2.24, 2.45) is 0 Å². The second-order valence-corrected chi connectivity index (χ2v) is 5.31. The van der Waals surface area contributed by atoms with Crippen LogP contribution < -0.4 is 0 Å². The van der Waals surface area contributed by atoms with Gasteiger partial charge in [0.15, 0.2) is 0 Å². The number of esters is 1. The molecule has 18 heavy (non-hydrogen) atoms. The van der Waals surface area contributed by atoms with E-state index in [-0.39, 0.29) is 12.0 Å². The minimum Gasteiger partial charge on any atom is -0.465 e. The van der Waals surface area contributed by atoms with Gasteiger partial charge in [0.25, 0.3) is 0 Å². The number of carbonyl (C=O) groups excluding carboxylic acids is 1. The lowest BCUT2D eigenvalue weighted by Crippen LogP contribution is -2.49. The number of hydrogen-bond acceptors (Lipinski definition) is 4. The Morgan fingerprint density at radius 3 is 2.50 bits per heavy atom. The first-order valence-electron chi connectivity index (χ1n) is 7.41. The molecule has 0 aliphatic carbocycles. The van der Waals surface area contributed by atoms with E-state index in [2.05, 4.69) is 16.7 Å². The average Bonchev–Trinajstić information content (AvgIpc) is 2.88. The predicted molar refractivity (Wildman–Crippen MR) is 71.5 cm³/mol. The monoisotopic (exact) mass is 254 g/mol. The van der Waals surface area contributed by atoms with Crippen LogP contribution in [0.25, 0.3) is 0 Å². The van der Waals surface area contributed by atoms with E-state index in [0.29, 0.717) is 12.6 Å². The third-order valence-electron chi connectivity index (χ3n) is 4.33. The Kier molecular flexibility index (Phi) is 5.01. The summed E-state index contributed by atoms with van der Waals surface area (Å²) in [5.41, 5.74) is 0. The molecule has 0 aromatic rings. The summed E-state index contributed by atoms with van der Waals surface area (Å²) < 4.78 is 5.20. The standard InChI is InChI=1S/C14H26N2O2/c1-3-15-10-7-12(8-11-15)16-9-5-6-13(16)14(17)18-4-2/h12-13H,3-11H2,1-2H3. The molecule has 4 nitrogen and oxygen atoms in total. The minimum atomic E-state index is -0.00655. The summed E-state index contributed by atoms with van der Waals surface area (Å²) in [6, 6.07) is 0.618. The summed E-state index contributed by atoms with van der Waals surface area (Å²) in [4.78, 5) is 16.8. The van der Waals surface area contributed by atoms with E-state index in [1.165, 1.54) is 25.9 Å². The van der Waals surface area contributed by atoms with Crippen molar-refractivity contribution in [3.05, 3.63) is 0 Å². The van der Waals surface area contributed by atoms with Crippen molar-refractivity contribution in [3.8, 4) is 0 Å². The fourth-order valence-corrected chi connectivity index (χ4v) is 3.28. The molecule has 2 rings (SSSR count). The normalized spacial score (nSPS) is 27.6. The van der Waals surface area contributed by atoms with Gasteiger partial charge < -0.3 is 9.64 Å². The van der Waals surface area contributed by atoms with E-state index < -0.39 is 0 Å². The lowest BCUT2D eigenvalue weighted by Gasteiger charge is -2.38. The Balaban J connectivity index is 1.89. The number of piperidine rings is 1. The zero-order chi connectivity index (χ0) is 13.0. The van der Waals surface area contributed by atoms with Gasteiger partial charge in [0.2, 0.25) is 0 Å². The van der Waals surface area contributed by atoms with Gasteiger partial charge in [-0.25, -0.2) is 0 Å². The zero-order valence-corrected chi connectivity index (χ0v) is 11.7. The molecule has 0 spiro atoms. The highest BCUT2D eigenvalue weighted by molar-refractivity contribution is 5.76. The Morgan fingerprint density at radius 1 is 1.17 bits per heavy atom. The summed E-state index contributed by atoms with van der Waals surface area (Å²) in [6.07, 6.45) is 4.51. The molecule has 2 aliphatic heterocycles. The first-order chi connectivity index (χ1) is 8.76. The maximum Gasteiger partial charge on any atom is 0.323 e. The molecule has 0 N–H and O–H groups in total. The topological polar surface area (TPSA) is 32.8 Å². The second kappa shape index (κ2) is 6.53. The van der Waals surface area contributed by atoms with Gasteiger partial charge in [0.05, 0.1) is 6.61 Å². The smallest absolute Gasteiger partial charge is 0.323 e. The van der Waals surface area contributed by atoms with Crippen molar-refractivity contribution >= 4 is 5.97 Å². The summed E-state index contributed by atoms with van der Waals surface area (Å²) >= 11 is 0. The number of nitrogens with zero attached hydrogens (tertiary/aromatic N) is 2. The molecule has 0 radical (unpaired) electrons. The quantitative estimate of drug-likeness (QED) is 0.712. The molecule has 0 amide bonds. The van der Waals surface area contributed by atoms with Crippen LogP contribution in [0.3, 0.4) is 0 Å². The number of ether oxygens (including phenoxy) is 1. The SMILES string of the molecule is CCOC(=O)C1CCCN1C1CCN(CC)CC1. The fraction of sp³-hybridized carbons (Fsp3) is 0.929. The molecule has 1 unspecified atom stereocenters. The van der Waals surface area contributed by atoms with Crippen molar-refractivity contribution in [3.63, 3.8) is 0 Å². The van der Waals surface area contributed by atoms with Gasteiger partial charge in [-0.15, -0.1) is 0 Å². The first kappa shape index (κ1) is 13.8. The van der Waals surface area contributed by atoms with Gasteiger partial charge >= 0.3 is 5.97 Å². The number of rotatable bonds is 4. The van der Waals surface area contributed by atoms with E-state index in [9.17, 15) is 4.79 Å². The molecule has 4 heteroatoms. The Labute approximate surface area is 110 Å². The molecule has 1 atom stereocenters. The van der Waals surface area contributed by atoms with E-state index >= 15 is 0 Å². The molecule has 0 saturated carbocycles. The molecule has 0 aromatic carbocycles. The highest BCUT2D eigenvalue weighted by Crippen LogP contribution is 2.26. The molecule has 0 bridgehead atoms. The predicted octanol–water partition coefficient (Wildman–Crippen LogP) is 1.50. The maximum absolute atomic E-state index is 11.9. The average molecular weight is 254 g/mol. The molecule has 2 aliphatic rings. The van der Waals surface area contributed by atoms with Crippen molar-refractivity contribution in [2.75, 3.05) is 32.8 Å². The fourth-order valence-electron chi connectivity index (χ4n) is 3.28. The highest BCUT2D eigenvalue weighted by Gasteiger charge is 2.37. The van der Waals surface area contributed by atoms with Gasteiger partial charge in [-0.3, -0.25) is 9.69 Å². The zero-order valence-electron chi connectivity index (χ0n) is 11.7. The molecule has 2 fully saturated rings. The largest absolute Gasteiger partial charge is 0.465 e. The molecule has 104 valence electrons. The molecular weight excluding hydrogens is 228 g/mol.